The van der Waals surface area contributed by atoms with E-state index in [0.717, 1.165) is 24.7 Å². The minimum Gasteiger partial charge on any atom is -0.354 e. The van der Waals surface area contributed by atoms with Gasteiger partial charge in [-0.3, -0.25) is 10.3 Å². The molecule has 4 rings (SSSR count). The molecule has 2 unspecified atom stereocenters. The van der Waals surface area contributed by atoms with Gasteiger partial charge in [0.15, 0.2) is 0 Å². The Kier molecular flexibility index (Phi) is 5.71. The van der Waals surface area contributed by atoms with Gasteiger partial charge in [-0.15, -0.1) is 0 Å². The van der Waals surface area contributed by atoms with Crippen molar-refractivity contribution < 1.29 is 17.6 Å². The number of pyridine rings is 1. The van der Waals surface area contributed by atoms with Crippen LogP contribution in [0.2, 0.25) is 0 Å². The smallest absolute Gasteiger partial charge is 0.354 e. The highest BCUT2D eigenvalue weighted by Gasteiger charge is 2.37. The molecule has 5 nitrogen and oxygen atoms in total. The van der Waals surface area contributed by atoms with Crippen LogP contribution in [0, 0.1) is 11.7 Å². The summed E-state index contributed by atoms with van der Waals surface area (Å²) < 4.78 is 53.0. The van der Waals surface area contributed by atoms with Crippen molar-refractivity contribution >= 4 is 5.82 Å². The van der Waals surface area contributed by atoms with Crippen molar-refractivity contribution in [1.82, 2.24) is 20.7 Å². The van der Waals surface area contributed by atoms with Gasteiger partial charge in [0.25, 0.3) is 0 Å². The van der Waals surface area contributed by atoms with Crippen molar-refractivity contribution in [2.24, 2.45) is 5.92 Å². The van der Waals surface area contributed by atoms with Crippen LogP contribution in [-0.4, -0.2) is 49.2 Å². The highest BCUT2D eigenvalue weighted by atomic mass is 19.4. The molecule has 29 heavy (non-hydrogen) atoms. The quantitative estimate of drug-likeness (QED) is 0.761. The Bertz CT molecular complexity index is 818. The number of anilines is 1. The van der Waals surface area contributed by atoms with Crippen LogP contribution in [0.1, 0.15) is 17.2 Å². The number of piperazine rings is 1. The van der Waals surface area contributed by atoms with E-state index in [4.69, 9.17) is 0 Å². The zero-order valence-electron chi connectivity index (χ0n) is 15.8. The van der Waals surface area contributed by atoms with E-state index < -0.39 is 11.7 Å². The summed E-state index contributed by atoms with van der Waals surface area (Å²) in [5.74, 6) is 0.0285. The molecule has 9 heteroatoms. The number of rotatable bonds is 4. The molecule has 2 N–H and O–H groups in total. The van der Waals surface area contributed by atoms with Gasteiger partial charge in [0, 0.05) is 51.4 Å². The number of nitrogens with one attached hydrogen (secondary N) is 2. The summed E-state index contributed by atoms with van der Waals surface area (Å²) >= 11 is 0. The fourth-order valence-electron chi connectivity index (χ4n) is 4.08. The number of aromatic nitrogens is 1. The summed E-state index contributed by atoms with van der Waals surface area (Å²) in [6, 6.07) is 8.94. The number of alkyl halides is 3. The number of hydrogen-bond donors (Lipinski definition) is 2. The minimum absolute atomic E-state index is 0.00744. The van der Waals surface area contributed by atoms with E-state index in [-0.39, 0.29) is 23.6 Å². The Hall–Kier alpha value is -2.23. The molecular formula is C20H23F4N5. The first kappa shape index (κ1) is 20.1. The van der Waals surface area contributed by atoms with Crippen LogP contribution in [0.25, 0.3) is 0 Å². The van der Waals surface area contributed by atoms with Gasteiger partial charge in [0.2, 0.25) is 0 Å². The summed E-state index contributed by atoms with van der Waals surface area (Å²) in [4.78, 5) is 7.97. The third-order valence-electron chi connectivity index (χ3n) is 5.58. The molecule has 0 radical (unpaired) electrons. The molecule has 0 spiro atoms. The molecule has 156 valence electrons. The molecule has 2 atom stereocenters. The first-order chi connectivity index (χ1) is 13.9. The monoisotopic (exact) mass is 409 g/mol. The summed E-state index contributed by atoms with van der Waals surface area (Å²) in [5, 5.41) is 0. The summed E-state index contributed by atoms with van der Waals surface area (Å²) in [6.45, 7) is 3.91. The maximum absolute atomic E-state index is 13.3. The van der Waals surface area contributed by atoms with Gasteiger partial charge in [0.1, 0.15) is 11.6 Å². The molecule has 2 aliphatic heterocycles. The first-order valence-electron chi connectivity index (χ1n) is 9.65. The fraction of sp³-hybridized carbons (Fsp3) is 0.450. The lowest BCUT2D eigenvalue weighted by molar-refractivity contribution is -0.137. The summed E-state index contributed by atoms with van der Waals surface area (Å²) in [5.41, 5.74) is 6.75. The lowest BCUT2D eigenvalue weighted by atomic mass is 9.94. The van der Waals surface area contributed by atoms with Crippen LogP contribution < -0.4 is 15.8 Å². The van der Waals surface area contributed by atoms with Crippen molar-refractivity contribution in [2.75, 3.05) is 44.2 Å². The second kappa shape index (κ2) is 8.25. The second-order valence-electron chi connectivity index (χ2n) is 7.47. The van der Waals surface area contributed by atoms with E-state index in [9.17, 15) is 17.6 Å². The molecule has 2 saturated heterocycles. The Morgan fingerprint density at radius 1 is 1.03 bits per heavy atom. The average molecular weight is 409 g/mol. The van der Waals surface area contributed by atoms with E-state index in [2.05, 4.69) is 20.7 Å². The molecule has 2 aliphatic rings. The van der Waals surface area contributed by atoms with E-state index in [1.807, 2.05) is 0 Å². The van der Waals surface area contributed by atoms with Gasteiger partial charge in [0.05, 0.1) is 11.6 Å². The van der Waals surface area contributed by atoms with E-state index in [1.54, 1.807) is 17.0 Å². The highest BCUT2D eigenvalue weighted by Crippen LogP contribution is 2.35. The van der Waals surface area contributed by atoms with Crippen molar-refractivity contribution in [3.05, 3.63) is 59.5 Å². The Morgan fingerprint density at radius 2 is 1.76 bits per heavy atom. The lowest BCUT2D eigenvalue weighted by Gasteiger charge is -2.37. The summed E-state index contributed by atoms with van der Waals surface area (Å²) in [7, 11) is 0. The molecule has 0 saturated carbocycles. The van der Waals surface area contributed by atoms with E-state index in [0.29, 0.717) is 26.2 Å². The highest BCUT2D eigenvalue weighted by molar-refractivity contribution is 5.48. The average Bonchev–Trinajstić information content (AvgIpc) is 3.17. The van der Waals surface area contributed by atoms with Crippen molar-refractivity contribution in [2.45, 2.75) is 12.2 Å². The third kappa shape index (κ3) is 4.52. The summed E-state index contributed by atoms with van der Waals surface area (Å²) in [6.07, 6.45) is -3.01. The Labute approximate surface area is 166 Å². The maximum Gasteiger partial charge on any atom is 0.419 e. The molecule has 2 aromatic rings. The SMILES string of the molecule is Fc1ccc(C2NNCC2CN2CCN(c3ncccc3C(F)(F)F)CC2)cc1. The first-order valence-corrected chi connectivity index (χ1v) is 9.65. The minimum atomic E-state index is -4.41. The predicted octanol–water partition coefficient (Wildman–Crippen LogP) is 2.83. The van der Waals surface area contributed by atoms with Gasteiger partial charge in [-0.05, 0) is 29.8 Å². The van der Waals surface area contributed by atoms with Crippen LogP contribution in [0.4, 0.5) is 23.4 Å². The maximum atomic E-state index is 13.3. The Morgan fingerprint density at radius 3 is 2.45 bits per heavy atom. The standard InChI is InChI=1S/C20H23F4N5/c21-16-5-3-14(4-6-16)18-15(12-26-27-18)13-28-8-10-29(11-9-28)19-17(20(22,23)24)2-1-7-25-19/h1-7,15,18,26-27H,8-13H2. The van der Waals surface area contributed by atoms with Gasteiger partial charge < -0.3 is 4.90 Å². The number of benzene rings is 1. The molecule has 0 amide bonds. The number of hydrogen-bond acceptors (Lipinski definition) is 5. The number of hydrazine groups is 1. The molecule has 2 fully saturated rings. The van der Waals surface area contributed by atoms with Gasteiger partial charge >= 0.3 is 6.18 Å². The molecule has 0 aliphatic carbocycles. The predicted molar refractivity (Wildman–Crippen MR) is 102 cm³/mol. The van der Waals surface area contributed by atoms with Crippen LogP contribution in [0.15, 0.2) is 42.6 Å². The van der Waals surface area contributed by atoms with Gasteiger partial charge in [-0.2, -0.15) is 13.2 Å². The van der Waals surface area contributed by atoms with Crippen LogP contribution in [0.5, 0.6) is 0 Å². The van der Waals surface area contributed by atoms with Crippen molar-refractivity contribution in [1.29, 1.82) is 0 Å². The van der Waals surface area contributed by atoms with Crippen molar-refractivity contribution in [3.63, 3.8) is 0 Å². The van der Waals surface area contributed by atoms with E-state index in [1.165, 1.54) is 24.4 Å². The van der Waals surface area contributed by atoms with Crippen LogP contribution in [-0.2, 0) is 6.18 Å². The fourth-order valence-corrected chi connectivity index (χ4v) is 4.08. The topological polar surface area (TPSA) is 43.4 Å². The zero-order chi connectivity index (χ0) is 20.4. The number of halogens is 4. The normalized spacial score (nSPS) is 23.5. The molecule has 1 aromatic carbocycles. The third-order valence-corrected chi connectivity index (χ3v) is 5.58. The largest absolute Gasteiger partial charge is 0.419 e. The van der Waals surface area contributed by atoms with Gasteiger partial charge in [-0.25, -0.2) is 14.8 Å². The molecule has 0 bridgehead atoms. The second-order valence-corrected chi connectivity index (χ2v) is 7.47. The van der Waals surface area contributed by atoms with E-state index >= 15 is 0 Å². The van der Waals surface area contributed by atoms with Gasteiger partial charge in [-0.1, -0.05) is 12.1 Å². The van der Waals surface area contributed by atoms with Crippen molar-refractivity contribution in [3.8, 4) is 0 Å². The molecular weight excluding hydrogens is 386 g/mol. The van der Waals surface area contributed by atoms with Crippen LogP contribution in [0.3, 0.4) is 0 Å². The lowest BCUT2D eigenvalue weighted by Crippen LogP contribution is -2.49. The molecule has 1 aromatic heterocycles. The van der Waals surface area contributed by atoms with Crippen LogP contribution >= 0.6 is 0 Å². The molecule has 3 heterocycles. The Balaban J connectivity index is 1.37. The zero-order valence-corrected chi connectivity index (χ0v) is 15.8. The number of nitrogens with zero attached hydrogens (tertiary/aromatic N) is 3.